The molecule has 0 heterocycles. The molecule has 3 fully saturated rings. The number of rotatable bonds is 1. The van der Waals surface area contributed by atoms with Crippen LogP contribution in [-0.4, -0.2) is 13.9 Å². The predicted molar refractivity (Wildman–Crippen MR) is 66.7 cm³/mol. The maximum Gasteiger partial charge on any atom is 0.159 e. The van der Waals surface area contributed by atoms with Crippen molar-refractivity contribution in [1.29, 1.82) is 0 Å². The smallest absolute Gasteiger partial charge is 0.159 e. The monoisotopic (exact) mass is 230 g/mol. The van der Waals surface area contributed by atoms with Crippen LogP contribution in [0.1, 0.15) is 12.8 Å². The zero-order chi connectivity index (χ0) is 11.3. The Morgan fingerprint density at radius 3 is 2.38 bits per heavy atom. The van der Waals surface area contributed by atoms with Crippen molar-refractivity contribution < 1.29 is 4.79 Å². The van der Waals surface area contributed by atoms with Crippen LogP contribution in [0.5, 0.6) is 0 Å². The van der Waals surface area contributed by atoms with E-state index in [4.69, 9.17) is 0 Å². The SMILES string of the molecule is C[Si](C)(C)C1=C[C@@H]2[C@H](C1=O)C13C=CC2(C1)C3. The fraction of sp³-hybridized carbons (Fsp3) is 0.643. The highest BCUT2D eigenvalue weighted by Crippen LogP contribution is 2.80. The minimum absolute atomic E-state index is 0.305. The lowest BCUT2D eigenvalue weighted by Crippen LogP contribution is -2.37. The number of Topliss-reactive ketones (excluding diaryl/α,β-unsaturated/α-hetero) is 1. The fourth-order valence-electron chi connectivity index (χ4n) is 4.84. The molecule has 1 nitrogen and oxygen atoms in total. The lowest BCUT2D eigenvalue weighted by atomic mass is 9.64. The summed E-state index contributed by atoms with van der Waals surface area (Å²) in [5.41, 5.74) is 0.724. The van der Waals surface area contributed by atoms with Crippen LogP contribution in [0.25, 0.3) is 0 Å². The Labute approximate surface area is 97.6 Å². The van der Waals surface area contributed by atoms with Gasteiger partial charge in [-0.05, 0) is 29.4 Å². The van der Waals surface area contributed by atoms with Crippen molar-refractivity contribution in [1.82, 2.24) is 0 Å². The van der Waals surface area contributed by atoms with Crippen LogP contribution >= 0.6 is 0 Å². The van der Waals surface area contributed by atoms with Crippen molar-refractivity contribution in [2.45, 2.75) is 32.5 Å². The van der Waals surface area contributed by atoms with E-state index in [1.807, 2.05) is 0 Å². The molecule has 0 aliphatic heterocycles. The maximum atomic E-state index is 12.6. The number of hydrogen-bond acceptors (Lipinski definition) is 1. The molecule has 2 heteroatoms. The summed E-state index contributed by atoms with van der Waals surface area (Å²) in [6, 6.07) is 0. The summed E-state index contributed by atoms with van der Waals surface area (Å²) in [6.45, 7) is 6.90. The van der Waals surface area contributed by atoms with Gasteiger partial charge in [-0.3, -0.25) is 4.79 Å². The van der Waals surface area contributed by atoms with Crippen LogP contribution in [0.4, 0.5) is 0 Å². The third-order valence-corrected chi connectivity index (χ3v) is 7.44. The summed E-state index contributed by atoms with van der Waals surface area (Å²) in [5.74, 6) is 1.44. The first-order valence-electron chi connectivity index (χ1n) is 6.35. The second kappa shape index (κ2) is 2.17. The molecule has 0 unspecified atom stereocenters. The van der Waals surface area contributed by atoms with Gasteiger partial charge in [0.15, 0.2) is 5.78 Å². The topological polar surface area (TPSA) is 17.1 Å². The van der Waals surface area contributed by atoms with Gasteiger partial charge in [-0.15, -0.1) is 0 Å². The Hall–Kier alpha value is -0.633. The number of hydrogen-bond donors (Lipinski definition) is 0. The predicted octanol–water partition coefficient (Wildman–Crippen LogP) is 2.96. The minimum Gasteiger partial charge on any atom is -0.295 e. The second-order valence-corrected chi connectivity index (χ2v) is 12.4. The first kappa shape index (κ1) is 9.40. The highest BCUT2D eigenvalue weighted by Gasteiger charge is 2.75. The molecule has 6 aliphatic rings. The summed E-state index contributed by atoms with van der Waals surface area (Å²) < 4.78 is 0. The Morgan fingerprint density at radius 1 is 1.19 bits per heavy atom. The maximum absolute atomic E-state index is 12.6. The molecule has 3 saturated carbocycles. The summed E-state index contributed by atoms with van der Waals surface area (Å²) in [4.78, 5) is 12.6. The van der Waals surface area contributed by atoms with Gasteiger partial charge in [0.1, 0.15) is 0 Å². The molecule has 0 amide bonds. The summed E-state index contributed by atoms with van der Waals surface area (Å²) in [6.07, 6.45) is 9.72. The molecular formula is C14H18OSi. The van der Waals surface area contributed by atoms with E-state index in [1.165, 1.54) is 18.0 Å². The van der Waals surface area contributed by atoms with Gasteiger partial charge in [0.05, 0.1) is 8.07 Å². The molecule has 0 spiro atoms. The van der Waals surface area contributed by atoms with Gasteiger partial charge in [0.2, 0.25) is 0 Å². The standard InChI is InChI=1S/C14H18OSi/c1-16(2,3)10-6-9-11(12(10)15)14-5-4-13(9,7-14)8-14/h4-6,9,11H,7-8H2,1-3H3/t9-,11-,13?,14?/m1/s1. The molecule has 2 bridgehead atoms. The third kappa shape index (κ3) is 0.745. The van der Waals surface area contributed by atoms with E-state index in [1.54, 1.807) is 0 Å². The first-order chi connectivity index (χ1) is 7.38. The van der Waals surface area contributed by atoms with E-state index >= 15 is 0 Å². The van der Waals surface area contributed by atoms with Gasteiger partial charge in [0.25, 0.3) is 0 Å². The van der Waals surface area contributed by atoms with Crippen LogP contribution < -0.4 is 0 Å². The summed E-state index contributed by atoms with van der Waals surface area (Å²) >= 11 is 0. The highest BCUT2D eigenvalue weighted by molar-refractivity contribution is 6.87. The van der Waals surface area contributed by atoms with E-state index in [2.05, 4.69) is 37.9 Å². The average molecular weight is 230 g/mol. The lowest BCUT2D eigenvalue weighted by Gasteiger charge is -2.40. The number of carbonyl (C=O) groups excluding carboxylic acids is 1. The summed E-state index contributed by atoms with van der Waals surface area (Å²) in [7, 11) is -1.42. The van der Waals surface area contributed by atoms with Crippen molar-refractivity contribution in [3.8, 4) is 0 Å². The van der Waals surface area contributed by atoms with Crippen molar-refractivity contribution >= 4 is 13.9 Å². The van der Waals surface area contributed by atoms with Gasteiger partial charge in [-0.1, -0.05) is 37.9 Å². The highest BCUT2D eigenvalue weighted by atomic mass is 28.3. The minimum atomic E-state index is -1.42. The van der Waals surface area contributed by atoms with E-state index in [9.17, 15) is 4.79 Å². The quantitative estimate of drug-likeness (QED) is 0.500. The average Bonchev–Trinajstić information content (AvgIpc) is 2.76. The second-order valence-electron chi connectivity index (χ2n) is 7.35. The molecule has 84 valence electrons. The molecule has 6 rings (SSSR count). The molecule has 0 saturated heterocycles. The van der Waals surface area contributed by atoms with Crippen molar-refractivity contribution in [3.05, 3.63) is 23.4 Å². The van der Waals surface area contributed by atoms with Gasteiger partial charge in [0, 0.05) is 11.3 Å². The first-order valence-corrected chi connectivity index (χ1v) is 9.85. The number of ketones is 1. The molecule has 2 atom stereocenters. The van der Waals surface area contributed by atoms with Crippen molar-refractivity contribution in [3.63, 3.8) is 0 Å². The van der Waals surface area contributed by atoms with Gasteiger partial charge in [-0.2, -0.15) is 0 Å². The Kier molecular flexibility index (Phi) is 1.28. The van der Waals surface area contributed by atoms with Crippen LogP contribution in [0.15, 0.2) is 23.4 Å². The van der Waals surface area contributed by atoms with Crippen LogP contribution in [0.3, 0.4) is 0 Å². The van der Waals surface area contributed by atoms with Crippen molar-refractivity contribution in [2.24, 2.45) is 22.7 Å². The van der Waals surface area contributed by atoms with Crippen molar-refractivity contribution in [2.75, 3.05) is 0 Å². The number of carbonyl (C=O) groups is 1. The van der Waals surface area contributed by atoms with E-state index < -0.39 is 8.07 Å². The van der Waals surface area contributed by atoms with Crippen LogP contribution in [-0.2, 0) is 4.79 Å². The normalized spacial score (nSPS) is 51.7. The van der Waals surface area contributed by atoms with Crippen LogP contribution in [0.2, 0.25) is 19.6 Å². The fourth-order valence-corrected chi connectivity index (χ4v) is 6.41. The molecule has 0 aromatic heterocycles. The summed E-state index contributed by atoms with van der Waals surface area (Å²) in [5, 5.41) is 1.24. The Morgan fingerprint density at radius 2 is 1.81 bits per heavy atom. The lowest BCUT2D eigenvalue weighted by molar-refractivity contribution is -0.120. The zero-order valence-corrected chi connectivity index (χ0v) is 11.2. The van der Waals surface area contributed by atoms with Gasteiger partial charge >= 0.3 is 0 Å². The van der Waals surface area contributed by atoms with Gasteiger partial charge in [-0.25, -0.2) is 0 Å². The molecule has 16 heavy (non-hydrogen) atoms. The van der Waals surface area contributed by atoms with Crippen LogP contribution in [0, 0.1) is 22.7 Å². The Balaban J connectivity index is 1.84. The molecule has 0 aromatic rings. The molecular weight excluding hydrogens is 212 g/mol. The Bertz CT molecular complexity index is 471. The molecule has 0 aromatic carbocycles. The zero-order valence-electron chi connectivity index (χ0n) is 10.2. The van der Waals surface area contributed by atoms with E-state index in [0.717, 1.165) is 0 Å². The largest absolute Gasteiger partial charge is 0.295 e. The van der Waals surface area contributed by atoms with E-state index in [-0.39, 0.29) is 0 Å². The third-order valence-electron chi connectivity index (χ3n) is 5.41. The van der Waals surface area contributed by atoms with Gasteiger partial charge < -0.3 is 0 Å². The molecule has 0 radical (unpaired) electrons. The van der Waals surface area contributed by atoms with E-state index in [0.29, 0.717) is 28.4 Å². The molecule has 6 aliphatic carbocycles. The molecule has 0 N–H and O–H groups in total. The number of allylic oxidation sites excluding steroid dienone is 4.